The molecule has 7 rings (SSSR count). The third kappa shape index (κ3) is 12.7. The number of cyclic esters (lactones) is 1. The molecule has 0 radical (unpaired) electrons. The number of non-ortho nitro benzene ring substituents is 1. The molecule has 0 aliphatic carbocycles. The van der Waals surface area contributed by atoms with Crippen molar-refractivity contribution in [1.29, 1.82) is 0 Å². The largest absolute Gasteiger partial charge is 0.447 e. The average molecular weight is 1140 g/mol. The Morgan fingerprint density at radius 1 is 0.973 bits per heavy atom. The number of nitro benzene ring substituents is 1. The van der Waals surface area contributed by atoms with Crippen LogP contribution < -0.4 is 0 Å². The fourth-order valence-electron chi connectivity index (χ4n) is 10.8. The number of aryl methyl sites for hydroxylation is 3. The second-order valence-corrected chi connectivity index (χ2v) is 21.8. The standard InChI is InChI=1S/C52H70IN9O12/c1-31-26-51(6,70-9)46(72-48-44(65)41(25-32(2)71-48)58(8)23-19-38-28-60(57-56-38)24-18-36-14-16-39(17-15-36)62(68)69)34(4)43(64)35(5)47(66)73-49(53)52(7)45(33(3)42(31)63)61(50(67)74-52)22-11-10-21-59-29-40(55-30-59)37-13-12-20-54-27-37/h12-17,20,27-35,41,44-46,48-49,65H,10-11,18-19,21-26H2,1-9H3/t31-,32-,33+,34+,35-,41+,44-,45-,46-,48+,49+,51-,52+/m1/s1. The number of nitrogens with zero attached hydrogens (tertiary/aromatic N) is 9. The molecular formula is C52H70IN9O12. The van der Waals surface area contributed by atoms with Gasteiger partial charge in [0.25, 0.3) is 5.69 Å². The molecule has 1 aromatic carbocycles. The predicted molar refractivity (Wildman–Crippen MR) is 277 cm³/mol. The quantitative estimate of drug-likeness (QED) is 0.0233. The van der Waals surface area contributed by atoms with Gasteiger partial charge in [0.1, 0.15) is 17.8 Å². The van der Waals surface area contributed by atoms with Gasteiger partial charge in [0.15, 0.2) is 21.8 Å². The van der Waals surface area contributed by atoms with Crippen molar-refractivity contribution in [3.05, 3.63) is 88.9 Å². The summed E-state index contributed by atoms with van der Waals surface area (Å²) in [5, 5.41) is 31.7. The first-order chi connectivity index (χ1) is 35.1. The zero-order valence-electron chi connectivity index (χ0n) is 43.6. The summed E-state index contributed by atoms with van der Waals surface area (Å²) in [7, 11) is 3.37. The lowest BCUT2D eigenvalue weighted by atomic mass is 9.74. The maximum absolute atomic E-state index is 14.9. The van der Waals surface area contributed by atoms with E-state index >= 15 is 0 Å². The van der Waals surface area contributed by atoms with Crippen LogP contribution in [-0.4, -0.2) is 152 Å². The number of likely N-dealkylation sites (N-methyl/N-ethyl adjacent to an activating group) is 1. The number of nitro groups is 1. The third-order valence-electron chi connectivity index (χ3n) is 15.2. The fourth-order valence-corrected chi connectivity index (χ4v) is 11.5. The van der Waals surface area contributed by atoms with Crippen molar-refractivity contribution in [3.8, 4) is 11.3 Å². The molecule has 21 nitrogen and oxygen atoms in total. The number of alkyl halides is 1. The lowest BCUT2D eigenvalue weighted by Gasteiger charge is -2.47. The van der Waals surface area contributed by atoms with Crippen LogP contribution in [0.15, 0.2) is 67.5 Å². The summed E-state index contributed by atoms with van der Waals surface area (Å²) < 4.78 is 34.1. The van der Waals surface area contributed by atoms with Crippen LogP contribution in [0.2, 0.25) is 0 Å². The fraction of sp³-hybridized carbons (Fsp3) is 0.615. The van der Waals surface area contributed by atoms with Gasteiger partial charge in [-0.25, -0.2) is 9.78 Å². The number of hydrogen-bond acceptors (Lipinski definition) is 17. The van der Waals surface area contributed by atoms with Crippen molar-refractivity contribution in [3.63, 3.8) is 0 Å². The molecule has 0 unspecified atom stereocenters. The molecule has 1 N–H and O–H groups in total. The molecule has 0 saturated carbocycles. The lowest BCUT2D eigenvalue weighted by Crippen LogP contribution is -2.60. The number of ketones is 2. The van der Waals surface area contributed by atoms with E-state index in [1.165, 1.54) is 26.2 Å². The van der Waals surface area contributed by atoms with Gasteiger partial charge in [-0.1, -0.05) is 38.1 Å². The first kappa shape index (κ1) is 56.5. The van der Waals surface area contributed by atoms with Crippen LogP contribution in [0.5, 0.6) is 0 Å². The molecule has 6 heterocycles. The van der Waals surface area contributed by atoms with Crippen molar-refractivity contribution >= 4 is 51.9 Å². The van der Waals surface area contributed by atoms with Crippen molar-refractivity contribution in [2.75, 3.05) is 27.2 Å². The number of carbonyl (C=O) groups is 4. The number of hydrogen-bond donors (Lipinski definition) is 1. The topological polar surface area (TPSA) is 246 Å². The first-order valence-corrected chi connectivity index (χ1v) is 26.6. The van der Waals surface area contributed by atoms with E-state index in [-0.39, 0.29) is 30.5 Å². The Hall–Kier alpha value is -5.27. The molecule has 3 fully saturated rings. The number of aromatic nitrogens is 6. The highest BCUT2D eigenvalue weighted by atomic mass is 127. The van der Waals surface area contributed by atoms with E-state index in [0.29, 0.717) is 51.7 Å². The Morgan fingerprint density at radius 3 is 2.39 bits per heavy atom. The molecule has 74 heavy (non-hydrogen) atoms. The highest BCUT2D eigenvalue weighted by Crippen LogP contribution is 2.44. The Balaban J connectivity index is 1.05. The van der Waals surface area contributed by atoms with Crippen LogP contribution in [0, 0.1) is 33.8 Å². The van der Waals surface area contributed by atoms with Crippen molar-refractivity contribution < 1.29 is 52.9 Å². The Morgan fingerprint density at radius 2 is 1.70 bits per heavy atom. The van der Waals surface area contributed by atoms with E-state index in [0.717, 1.165) is 22.5 Å². The van der Waals surface area contributed by atoms with Crippen LogP contribution in [0.4, 0.5) is 10.5 Å². The summed E-state index contributed by atoms with van der Waals surface area (Å²) in [6.45, 7) is 13.9. The summed E-state index contributed by atoms with van der Waals surface area (Å²) in [6.07, 6.45) is 7.35. The Labute approximate surface area is 445 Å². The summed E-state index contributed by atoms with van der Waals surface area (Å²) in [4.78, 5) is 80.3. The van der Waals surface area contributed by atoms with Crippen molar-refractivity contribution in [2.24, 2.45) is 23.7 Å². The number of aliphatic hydroxyl groups excluding tert-OH is 1. The lowest BCUT2D eigenvalue weighted by molar-refractivity contribution is -0.384. The minimum Gasteiger partial charge on any atom is -0.447 e. The number of halogens is 1. The zero-order chi connectivity index (χ0) is 53.6. The second kappa shape index (κ2) is 24.2. The van der Waals surface area contributed by atoms with Gasteiger partial charge < -0.3 is 43.2 Å². The molecule has 3 aliphatic rings. The number of amides is 1. The van der Waals surface area contributed by atoms with Crippen LogP contribution in [0.3, 0.4) is 0 Å². The normalized spacial score (nSPS) is 31.2. The minimum absolute atomic E-state index is 0.0333. The van der Waals surface area contributed by atoms with Crippen LogP contribution >= 0.6 is 22.6 Å². The first-order valence-electron chi connectivity index (χ1n) is 25.3. The maximum atomic E-state index is 14.9. The molecule has 13 atom stereocenters. The highest BCUT2D eigenvalue weighted by molar-refractivity contribution is 14.1. The van der Waals surface area contributed by atoms with E-state index in [2.05, 4.69) is 20.3 Å². The second-order valence-electron chi connectivity index (χ2n) is 20.7. The molecule has 4 aromatic rings. The molecule has 0 bridgehead atoms. The molecule has 1 amide bonds. The van der Waals surface area contributed by atoms with Gasteiger partial charge in [-0.3, -0.25) is 34.2 Å². The number of rotatable bonds is 17. The molecule has 3 saturated heterocycles. The SMILES string of the molecule is CO[C@]1(C)C[C@@H](C)C(=O)[C@H](C)[C@H]2N(CCCCn3cnc(-c4cccnc4)c3)C(=O)O[C@]2(C)[C@@H](I)OC(=O)[C@H](C)C(=O)[C@H](C)[C@H]1O[C@@H]1O[C@H](C)C[C@H](N(C)CCc2cn(CCc3ccc([N+](=O)[O-])cc3)nn2)[C@H]1O. The molecule has 0 spiro atoms. The number of aliphatic hydroxyl groups is 1. The number of unbranched alkanes of at least 4 members (excludes halogenated alkanes) is 1. The Bertz CT molecular complexity index is 2580. The molecule has 22 heteroatoms. The van der Waals surface area contributed by atoms with Gasteiger partial charge in [0, 0.05) is 106 Å². The van der Waals surface area contributed by atoms with Crippen molar-refractivity contribution in [2.45, 2.75) is 152 Å². The van der Waals surface area contributed by atoms with Crippen LogP contribution in [-0.2, 0) is 64.0 Å². The molecule has 3 aromatic heterocycles. The van der Waals surface area contributed by atoms with Crippen molar-refractivity contribution in [1.82, 2.24) is 39.3 Å². The van der Waals surface area contributed by atoms with Gasteiger partial charge >= 0.3 is 12.1 Å². The van der Waals surface area contributed by atoms with E-state index in [9.17, 15) is 34.4 Å². The van der Waals surface area contributed by atoms with Gasteiger partial charge in [-0.2, -0.15) is 0 Å². The maximum Gasteiger partial charge on any atom is 0.410 e. The van der Waals surface area contributed by atoms with E-state index in [4.69, 9.17) is 23.7 Å². The predicted octanol–water partition coefficient (Wildman–Crippen LogP) is 6.27. The number of ether oxygens (including phenoxy) is 5. The van der Waals surface area contributed by atoms with Gasteiger partial charge in [-0.15, -0.1) is 5.10 Å². The molecule has 402 valence electrons. The van der Waals surface area contributed by atoms with Gasteiger partial charge in [-0.05, 0) is 107 Å². The molecular weight excluding hydrogens is 1070 g/mol. The summed E-state index contributed by atoms with van der Waals surface area (Å²) in [6, 6.07) is 8.92. The van der Waals surface area contributed by atoms with Gasteiger partial charge in [0.2, 0.25) is 0 Å². The Kier molecular flexibility index (Phi) is 18.4. The number of imidazole rings is 1. The minimum atomic E-state index is -1.47. The number of benzene rings is 1. The average Bonchev–Trinajstić information content (AvgIpc) is 4.13. The van der Waals surface area contributed by atoms with E-state index in [1.807, 2.05) is 70.6 Å². The monoisotopic (exact) mass is 1140 g/mol. The third-order valence-corrected chi connectivity index (χ3v) is 16.7. The zero-order valence-corrected chi connectivity index (χ0v) is 45.8. The van der Waals surface area contributed by atoms with E-state index in [1.54, 1.807) is 75.1 Å². The van der Waals surface area contributed by atoms with E-state index < -0.39 is 92.3 Å². The van der Waals surface area contributed by atoms with Gasteiger partial charge in [0.05, 0.1) is 46.5 Å². The van der Waals surface area contributed by atoms with Crippen LogP contribution in [0.1, 0.15) is 85.4 Å². The number of esters is 1. The number of Topliss-reactive ketones (excluding diaryl/α,β-unsaturated/α-hetero) is 2. The summed E-state index contributed by atoms with van der Waals surface area (Å²) in [5.74, 6) is -5.37. The number of carbonyl (C=O) groups excluding carboxylic acids is 4. The summed E-state index contributed by atoms with van der Waals surface area (Å²) in [5.41, 5.74) is 0.586. The highest BCUT2D eigenvalue weighted by Gasteiger charge is 2.60. The summed E-state index contributed by atoms with van der Waals surface area (Å²) >= 11 is 1.92. The number of fused-ring (bicyclic) bond motifs is 1. The molecule has 3 aliphatic heterocycles. The number of methoxy groups -OCH3 is 1. The van der Waals surface area contributed by atoms with Crippen LogP contribution in [0.25, 0.3) is 11.3 Å². The smallest absolute Gasteiger partial charge is 0.410 e. The number of pyridine rings is 1.